The van der Waals surface area contributed by atoms with E-state index in [0.717, 1.165) is 51.4 Å². The summed E-state index contributed by atoms with van der Waals surface area (Å²) in [6.07, 6.45) is 50.3. The zero-order chi connectivity index (χ0) is 48.1. The van der Waals surface area contributed by atoms with Crippen molar-refractivity contribution >= 4 is 5.91 Å². The smallest absolute Gasteiger partial charge is 0.249 e. The van der Waals surface area contributed by atoms with Gasteiger partial charge < -0.3 is 45.4 Å². The van der Waals surface area contributed by atoms with E-state index in [1.807, 2.05) is 6.08 Å². The molecule has 1 heterocycles. The fourth-order valence-corrected chi connectivity index (χ4v) is 8.22. The summed E-state index contributed by atoms with van der Waals surface area (Å²) in [5.74, 6) is -0.634. The van der Waals surface area contributed by atoms with E-state index in [9.17, 15) is 35.4 Å². The Morgan fingerprint density at radius 3 is 1.41 bits per heavy atom. The number of aliphatic hydroxyl groups is 6. The van der Waals surface area contributed by atoms with Crippen LogP contribution in [0, 0.1) is 0 Å². The van der Waals surface area contributed by atoms with Gasteiger partial charge in [0, 0.05) is 0 Å². The molecule has 0 spiro atoms. The van der Waals surface area contributed by atoms with Gasteiger partial charge in [-0.2, -0.15) is 0 Å². The summed E-state index contributed by atoms with van der Waals surface area (Å²) in [4.78, 5) is 13.1. The van der Waals surface area contributed by atoms with E-state index in [0.29, 0.717) is 19.3 Å². The molecule has 10 heteroatoms. The molecule has 1 amide bonds. The largest absolute Gasteiger partial charge is 0.394 e. The van der Waals surface area contributed by atoms with Gasteiger partial charge in [0.25, 0.3) is 0 Å². The highest BCUT2D eigenvalue weighted by Crippen LogP contribution is 2.23. The molecule has 66 heavy (non-hydrogen) atoms. The second-order valence-corrected chi connectivity index (χ2v) is 18.8. The first-order chi connectivity index (χ1) is 32.3. The molecular formula is C56H101NO9. The Balaban J connectivity index is 2.30. The predicted molar refractivity (Wildman–Crippen MR) is 273 cm³/mol. The molecule has 1 saturated heterocycles. The minimum Gasteiger partial charge on any atom is -0.394 e. The number of rotatable bonds is 45. The number of hydrogen-bond donors (Lipinski definition) is 7. The van der Waals surface area contributed by atoms with Crippen molar-refractivity contribution in [2.75, 3.05) is 13.2 Å². The Bertz CT molecular complexity index is 1240. The first-order valence-electron chi connectivity index (χ1n) is 27.1. The number of nitrogens with one attached hydrogen (secondary N) is 1. The lowest BCUT2D eigenvalue weighted by molar-refractivity contribution is -0.302. The Hall–Kier alpha value is -2.15. The maximum absolute atomic E-state index is 13.1. The van der Waals surface area contributed by atoms with E-state index in [2.05, 4.69) is 67.8 Å². The molecule has 7 N–H and O–H groups in total. The van der Waals surface area contributed by atoms with Crippen LogP contribution >= 0.6 is 0 Å². The van der Waals surface area contributed by atoms with Crippen molar-refractivity contribution in [3.63, 3.8) is 0 Å². The zero-order valence-electron chi connectivity index (χ0n) is 42.0. The molecule has 1 aliphatic rings. The lowest BCUT2D eigenvalue weighted by atomic mass is 9.99. The van der Waals surface area contributed by atoms with E-state index in [1.165, 1.54) is 141 Å². The Kier molecular flexibility index (Phi) is 42.5. The first-order valence-corrected chi connectivity index (χ1v) is 27.1. The summed E-state index contributed by atoms with van der Waals surface area (Å²) in [5, 5.41) is 64.8. The van der Waals surface area contributed by atoms with Crippen LogP contribution in [0.1, 0.15) is 226 Å². The number of carbonyl (C=O) groups excluding carboxylic acids is 1. The number of allylic oxidation sites excluding steroid dienone is 9. The number of unbranched alkanes of at least 4 members (excludes halogenated alkanes) is 26. The van der Waals surface area contributed by atoms with Crippen molar-refractivity contribution in [1.82, 2.24) is 5.32 Å². The highest BCUT2D eigenvalue weighted by Gasteiger charge is 2.44. The lowest BCUT2D eigenvalue weighted by Crippen LogP contribution is -2.60. The number of carbonyl (C=O) groups is 1. The summed E-state index contributed by atoms with van der Waals surface area (Å²) in [7, 11) is 0. The summed E-state index contributed by atoms with van der Waals surface area (Å²) in [5.41, 5.74) is 0. The van der Waals surface area contributed by atoms with Crippen LogP contribution < -0.4 is 5.32 Å². The third-order valence-electron chi connectivity index (χ3n) is 12.7. The van der Waals surface area contributed by atoms with Crippen molar-refractivity contribution in [1.29, 1.82) is 0 Å². The van der Waals surface area contributed by atoms with Crippen molar-refractivity contribution < 1.29 is 44.9 Å². The normalized spacial score (nSPS) is 20.8. The minimum absolute atomic E-state index is 0.295. The van der Waals surface area contributed by atoms with Gasteiger partial charge in [0.05, 0.1) is 25.4 Å². The van der Waals surface area contributed by atoms with Crippen LogP contribution in [0.4, 0.5) is 0 Å². The van der Waals surface area contributed by atoms with Crippen molar-refractivity contribution in [2.24, 2.45) is 0 Å². The quantitative estimate of drug-likeness (QED) is 0.0232. The summed E-state index contributed by atoms with van der Waals surface area (Å²) >= 11 is 0. The van der Waals surface area contributed by atoms with Crippen molar-refractivity contribution in [3.8, 4) is 0 Å². The summed E-state index contributed by atoms with van der Waals surface area (Å²) in [6.45, 7) is 3.57. The highest BCUT2D eigenvalue weighted by atomic mass is 16.7. The van der Waals surface area contributed by atoms with Crippen molar-refractivity contribution in [3.05, 3.63) is 60.8 Å². The average molecular weight is 932 g/mol. The van der Waals surface area contributed by atoms with Crippen LogP contribution in [0.5, 0.6) is 0 Å². The van der Waals surface area contributed by atoms with Crippen LogP contribution in [0.2, 0.25) is 0 Å². The molecule has 8 atom stereocenters. The molecular weight excluding hydrogens is 831 g/mol. The van der Waals surface area contributed by atoms with Gasteiger partial charge in [0.2, 0.25) is 5.91 Å². The van der Waals surface area contributed by atoms with E-state index >= 15 is 0 Å². The van der Waals surface area contributed by atoms with Crippen LogP contribution in [0.3, 0.4) is 0 Å². The van der Waals surface area contributed by atoms with Gasteiger partial charge in [-0.15, -0.1) is 0 Å². The van der Waals surface area contributed by atoms with Gasteiger partial charge in [-0.25, -0.2) is 0 Å². The zero-order valence-corrected chi connectivity index (χ0v) is 42.0. The maximum atomic E-state index is 13.1. The first kappa shape index (κ1) is 61.9. The molecule has 0 aromatic heterocycles. The predicted octanol–water partition coefficient (Wildman–Crippen LogP) is 11.7. The fourth-order valence-electron chi connectivity index (χ4n) is 8.22. The molecule has 0 aliphatic carbocycles. The van der Waals surface area contributed by atoms with Crippen LogP contribution in [-0.4, -0.2) is 98.7 Å². The summed E-state index contributed by atoms with van der Waals surface area (Å²) in [6, 6.07) is -1.01. The van der Waals surface area contributed by atoms with Crippen molar-refractivity contribution in [2.45, 2.75) is 275 Å². The van der Waals surface area contributed by atoms with Gasteiger partial charge in [-0.1, -0.05) is 209 Å². The van der Waals surface area contributed by atoms with Gasteiger partial charge >= 0.3 is 0 Å². The Labute approximate surface area is 403 Å². The van der Waals surface area contributed by atoms with Crippen LogP contribution in [-0.2, 0) is 14.3 Å². The molecule has 1 aliphatic heterocycles. The number of hydrogen-bond acceptors (Lipinski definition) is 9. The third-order valence-corrected chi connectivity index (χ3v) is 12.7. The fraction of sp³-hybridized carbons (Fsp3) is 0.804. The SMILES string of the molecule is CCCCCCC/C=C/CC/C=C/CC/C=C/C(O)C(COC1OC(CO)C(O)C(O)C1O)NC(=O)C(O)CCCCCCCCCCCC/C=C\C/C=C\CCCCCCCCCCC. The molecule has 0 aromatic rings. The molecule has 1 fully saturated rings. The van der Waals surface area contributed by atoms with Crippen LogP contribution in [0.15, 0.2) is 60.8 Å². The van der Waals surface area contributed by atoms with Gasteiger partial charge in [-0.3, -0.25) is 4.79 Å². The molecule has 8 unspecified atom stereocenters. The van der Waals surface area contributed by atoms with E-state index < -0.39 is 61.5 Å². The number of ether oxygens (including phenoxy) is 2. The minimum atomic E-state index is -1.62. The molecule has 0 aromatic carbocycles. The molecule has 384 valence electrons. The summed E-state index contributed by atoms with van der Waals surface area (Å²) < 4.78 is 11.1. The lowest BCUT2D eigenvalue weighted by Gasteiger charge is -2.40. The standard InChI is InChI=1S/C56H101NO9/c1-3-5-7-9-11-13-15-17-19-20-21-22-23-24-25-26-27-28-29-31-33-35-37-39-41-43-45-50(60)55(64)57-48(47-65-56-54(63)53(62)52(61)51(46-58)66-56)49(59)44-42-40-38-36-34-32-30-18-16-14-12-10-8-6-4-2/h16,18,21-22,24-25,34,36,42,44,48-54,56,58-63H,3-15,17,19-20,23,26-33,35,37-41,43,45-47H2,1-2H3,(H,57,64)/b18-16+,22-21-,25-24-,36-34+,44-42+. The molecule has 1 rings (SSSR count). The monoisotopic (exact) mass is 932 g/mol. The van der Waals surface area contributed by atoms with E-state index in [1.54, 1.807) is 6.08 Å². The molecule has 10 nitrogen and oxygen atoms in total. The van der Waals surface area contributed by atoms with Gasteiger partial charge in [-0.05, 0) is 77.0 Å². The van der Waals surface area contributed by atoms with E-state index in [4.69, 9.17) is 9.47 Å². The average Bonchev–Trinajstić information content (AvgIpc) is 3.32. The third kappa shape index (κ3) is 34.2. The number of amides is 1. The number of aliphatic hydroxyl groups excluding tert-OH is 6. The molecule has 0 bridgehead atoms. The second kappa shape index (κ2) is 45.3. The van der Waals surface area contributed by atoms with Gasteiger partial charge in [0.15, 0.2) is 6.29 Å². The molecule has 0 radical (unpaired) electrons. The topological polar surface area (TPSA) is 169 Å². The Morgan fingerprint density at radius 1 is 0.530 bits per heavy atom. The van der Waals surface area contributed by atoms with Gasteiger partial charge in [0.1, 0.15) is 30.5 Å². The maximum Gasteiger partial charge on any atom is 0.249 e. The van der Waals surface area contributed by atoms with E-state index in [-0.39, 0.29) is 6.61 Å². The highest BCUT2D eigenvalue weighted by molar-refractivity contribution is 5.80. The molecule has 0 saturated carbocycles. The van der Waals surface area contributed by atoms with Crippen LogP contribution in [0.25, 0.3) is 0 Å². The Morgan fingerprint density at radius 2 is 0.939 bits per heavy atom. The second-order valence-electron chi connectivity index (χ2n) is 18.8.